The number of para-hydroxylation sites is 8. The molecule has 0 atom stereocenters. The number of methoxy groups -OCH3 is 8. The molecule has 0 saturated heterocycles. The molecule has 0 aliphatic carbocycles. The second-order valence-corrected chi connectivity index (χ2v) is 26.5. The molecule has 8 aromatic rings. The van der Waals surface area contributed by atoms with Crippen LogP contribution in [-0.2, 0) is 0 Å². The van der Waals surface area contributed by atoms with Crippen molar-refractivity contribution in [1.82, 2.24) is 0 Å². The third-order valence-corrected chi connectivity index (χ3v) is 24.6. The van der Waals surface area contributed by atoms with Crippen LogP contribution in [0.25, 0.3) is 0 Å². The molecule has 8 aromatic carbocycles. The summed E-state index contributed by atoms with van der Waals surface area (Å²) in [7, 11) is 9.89. The van der Waals surface area contributed by atoms with Crippen LogP contribution in [-0.4, -0.2) is 81.5 Å². The summed E-state index contributed by atoms with van der Waals surface area (Å²) < 4.78 is 50.1. The number of ether oxygens (including phenoxy) is 8. The van der Waals surface area contributed by atoms with Gasteiger partial charge >= 0.3 is 0 Å². The summed E-state index contributed by atoms with van der Waals surface area (Å²) in [5, 5.41) is 9.41. The Balaban J connectivity index is 1.40. The van der Waals surface area contributed by atoms with Crippen LogP contribution in [0.15, 0.2) is 194 Å². The van der Waals surface area contributed by atoms with Gasteiger partial charge in [-0.1, -0.05) is 146 Å². The van der Waals surface area contributed by atoms with Gasteiger partial charge in [0, 0.05) is 42.4 Å². The zero-order valence-corrected chi connectivity index (χ0v) is 47.8. The second kappa shape index (κ2) is 27.6. The Morgan fingerprint density at radius 2 is 0.360 bits per heavy atom. The van der Waals surface area contributed by atoms with E-state index in [1.54, 1.807) is 56.9 Å². The van der Waals surface area contributed by atoms with Crippen molar-refractivity contribution in [3.05, 3.63) is 194 Å². The lowest BCUT2D eigenvalue weighted by atomic mass is 10.00. The molecule has 388 valence electrons. The maximum absolute atomic E-state index is 6.26. The zero-order chi connectivity index (χ0) is 52.5. The maximum atomic E-state index is 6.26. The van der Waals surface area contributed by atoms with Gasteiger partial charge in [0.25, 0.3) is 0 Å². The third-order valence-electron chi connectivity index (χ3n) is 13.4. The molecule has 0 amide bonds. The quantitative estimate of drug-likeness (QED) is 0.0497. The largest absolute Gasteiger partial charge is 0.496 e. The number of hydrogen-bond donors (Lipinski definition) is 0. The number of rotatable bonds is 26. The highest BCUT2D eigenvalue weighted by Crippen LogP contribution is 2.52. The van der Waals surface area contributed by atoms with Crippen LogP contribution in [0.2, 0.25) is 0 Å². The fourth-order valence-electron chi connectivity index (χ4n) is 10.0. The third kappa shape index (κ3) is 13.1. The highest BCUT2D eigenvalue weighted by molar-refractivity contribution is 7.75. The average Bonchev–Trinajstić information content (AvgIpc) is 3.48. The van der Waals surface area contributed by atoms with Crippen molar-refractivity contribution in [1.29, 1.82) is 0 Å². The van der Waals surface area contributed by atoms with Gasteiger partial charge in [-0.25, -0.2) is 0 Å². The first-order valence-electron chi connectivity index (χ1n) is 25.0. The lowest BCUT2D eigenvalue weighted by molar-refractivity contribution is 0.417. The van der Waals surface area contributed by atoms with E-state index in [1.807, 2.05) is 0 Å². The van der Waals surface area contributed by atoms with Crippen LogP contribution in [0.4, 0.5) is 0 Å². The lowest BCUT2D eigenvalue weighted by Gasteiger charge is -2.35. The van der Waals surface area contributed by atoms with Crippen molar-refractivity contribution in [2.45, 2.75) is 6.42 Å². The summed E-state index contributed by atoms with van der Waals surface area (Å²) in [5.41, 5.74) is 0. The monoisotopic (exact) mass is 1080 g/mol. The molecule has 0 fully saturated rings. The first-order chi connectivity index (χ1) is 36.9. The van der Waals surface area contributed by atoms with E-state index in [0.717, 1.165) is 77.1 Å². The predicted molar refractivity (Wildman–Crippen MR) is 320 cm³/mol. The number of hydrogen-bond acceptors (Lipinski definition) is 8. The predicted octanol–water partition coefficient (Wildman–Crippen LogP) is 11.2. The van der Waals surface area contributed by atoms with Crippen LogP contribution in [0.1, 0.15) is 6.42 Å². The lowest BCUT2D eigenvalue weighted by Crippen LogP contribution is -2.31. The molecule has 0 heterocycles. The molecule has 0 radical (unpaired) electrons. The van der Waals surface area contributed by atoms with Gasteiger partial charge in [-0.2, -0.15) is 0 Å². The standard InChI is InChI=1S/C63H68O8P4/c1-64-48-25-9-17-33-56(48)72(57-34-18-10-26-49(57)65-2)42-46(43-73(58-35-19-11-27-50(58)66-3)59-36-20-12-28-51(59)67-4)41-47(44-74(60-37-21-13-29-52(60)68-5)61-38-22-14-30-53(61)69-6)45-75(62-39-23-15-31-54(62)70-7)63-40-24-16-32-55(63)71-8/h9-40,46-47H,41-45H2,1-8H3. The minimum absolute atomic E-state index is 0.122. The van der Waals surface area contributed by atoms with Crippen LogP contribution in [0.5, 0.6) is 46.0 Å². The smallest absolute Gasteiger partial charge is 0.126 e. The van der Waals surface area contributed by atoms with Crippen molar-refractivity contribution in [2.24, 2.45) is 11.8 Å². The van der Waals surface area contributed by atoms with E-state index in [2.05, 4.69) is 194 Å². The van der Waals surface area contributed by atoms with Crippen LogP contribution >= 0.6 is 31.7 Å². The molecule has 8 rings (SSSR count). The molecule has 75 heavy (non-hydrogen) atoms. The van der Waals surface area contributed by atoms with Crippen molar-refractivity contribution in [2.75, 3.05) is 81.5 Å². The van der Waals surface area contributed by atoms with Crippen molar-refractivity contribution in [3.63, 3.8) is 0 Å². The maximum Gasteiger partial charge on any atom is 0.126 e. The summed E-state index contributed by atoms with van der Waals surface area (Å²) in [5.74, 6) is 7.19. The van der Waals surface area contributed by atoms with Gasteiger partial charge in [0.05, 0.1) is 56.9 Å². The van der Waals surface area contributed by atoms with Crippen LogP contribution in [0.3, 0.4) is 0 Å². The van der Waals surface area contributed by atoms with Crippen molar-refractivity contribution < 1.29 is 37.9 Å². The Hall–Kier alpha value is -6.12. The Morgan fingerprint density at radius 3 is 0.493 bits per heavy atom. The Kier molecular flexibility index (Phi) is 20.3. The van der Waals surface area contributed by atoms with E-state index >= 15 is 0 Å². The molecule has 0 saturated carbocycles. The normalized spacial score (nSPS) is 11.4. The molecule has 0 N–H and O–H groups in total. The van der Waals surface area contributed by atoms with Gasteiger partial charge in [-0.15, -0.1) is 0 Å². The summed E-state index contributed by atoms with van der Waals surface area (Å²) in [6, 6.07) is 68.3. The molecule has 0 bridgehead atoms. The molecule has 0 unspecified atom stereocenters. The molecular weight excluding hydrogens is 1010 g/mol. The first kappa shape index (κ1) is 55.1. The van der Waals surface area contributed by atoms with Crippen LogP contribution < -0.4 is 80.3 Å². The Labute approximate surface area is 449 Å². The van der Waals surface area contributed by atoms with Gasteiger partial charge in [0.2, 0.25) is 0 Å². The molecule has 12 heteroatoms. The zero-order valence-electron chi connectivity index (χ0n) is 44.2. The molecular formula is C63H68O8P4. The fourth-order valence-corrected chi connectivity index (χ4v) is 21.8. The second-order valence-electron chi connectivity index (χ2n) is 17.8. The highest BCUT2D eigenvalue weighted by Gasteiger charge is 2.35. The van der Waals surface area contributed by atoms with Gasteiger partial charge in [-0.05, 0) is 123 Å². The van der Waals surface area contributed by atoms with E-state index in [-0.39, 0.29) is 11.8 Å². The first-order valence-corrected chi connectivity index (χ1v) is 31.1. The van der Waals surface area contributed by atoms with E-state index < -0.39 is 31.7 Å². The van der Waals surface area contributed by atoms with Gasteiger partial charge < -0.3 is 37.9 Å². The summed E-state index contributed by atoms with van der Waals surface area (Å²) in [4.78, 5) is 0. The molecule has 0 aliphatic rings. The molecule has 0 spiro atoms. The van der Waals surface area contributed by atoms with E-state index in [9.17, 15) is 0 Å². The molecule has 0 aliphatic heterocycles. The van der Waals surface area contributed by atoms with Crippen molar-refractivity contribution in [3.8, 4) is 46.0 Å². The minimum Gasteiger partial charge on any atom is -0.496 e. The van der Waals surface area contributed by atoms with Gasteiger partial charge in [0.15, 0.2) is 0 Å². The topological polar surface area (TPSA) is 73.8 Å². The highest BCUT2D eigenvalue weighted by atomic mass is 31.1. The van der Waals surface area contributed by atoms with Gasteiger partial charge in [0.1, 0.15) is 46.0 Å². The minimum atomic E-state index is -1.08. The average molecular weight is 1080 g/mol. The summed E-state index contributed by atoms with van der Waals surface area (Å²) in [6.07, 6.45) is 4.26. The van der Waals surface area contributed by atoms with Gasteiger partial charge in [-0.3, -0.25) is 0 Å². The molecule has 8 nitrogen and oxygen atoms in total. The summed E-state index contributed by atoms with van der Waals surface area (Å²) >= 11 is 0. The fraction of sp³-hybridized carbons (Fsp3) is 0.238. The SMILES string of the molecule is COc1ccccc1P(CC(CC(CP(c1ccccc1OC)c1ccccc1OC)CP(c1ccccc1OC)c1ccccc1OC)CP(c1ccccc1OC)c1ccccc1OC)c1ccccc1OC. The summed E-state index contributed by atoms with van der Waals surface area (Å²) in [6.45, 7) is 0. The van der Waals surface area contributed by atoms with Crippen molar-refractivity contribution >= 4 is 74.1 Å². The Morgan fingerprint density at radius 1 is 0.227 bits per heavy atom. The van der Waals surface area contributed by atoms with Crippen LogP contribution in [0, 0.1) is 11.8 Å². The van der Waals surface area contributed by atoms with E-state index in [1.165, 1.54) is 42.4 Å². The molecule has 0 aromatic heterocycles. The van der Waals surface area contributed by atoms with E-state index in [0.29, 0.717) is 0 Å². The Bertz CT molecular complexity index is 2480. The number of benzene rings is 8. The van der Waals surface area contributed by atoms with E-state index in [4.69, 9.17) is 37.9 Å².